The van der Waals surface area contributed by atoms with Gasteiger partial charge in [-0.15, -0.1) is 47.3 Å². The summed E-state index contributed by atoms with van der Waals surface area (Å²) in [5.41, 5.74) is 10.8. The Bertz CT molecular complexity index is 2520. The number of fused-ring (bicyclic) bond motifs is 4. The normalized spacial score (nSPS) is 11.8. The number of benzene rings is 5. The maximum Gasteiger partial charge on any atom is 0.121 e. The number of hydrogen-bond donors (Lipinski definition) is 0. The molecule has 0 atom stereocenters. The smallest absolute Gasteiger partial charge is 0.121 e. The SMILES string of the molecule is CC(C)Cc1ccnc(-c2[c-]ccc3c2oc2cc(-c4ccc(C(C)(C)C)cc4)ccc23)c1.C[Si](C)(C)c1ccc(-c2[c-]ccc3ccccc23)nc1.[Ir]. The quantitative estimate of drug-likeness (QED) is 0.123. The van der Waals surface area contributed by atoms with E-state index in [9.17, 15) is 0 Å². The molecule has 0 saturated carbocycles. The topological polar surface area (TPSA) is 38.9 Å². The van der Waals surface area contributed by atoms with E-state index in [1.165, 1.54) is 32.6 Å². The molecule has 0 aliphatic heterocycles. The summed E-state index contributed by atoms with van der Waals surface area (Å²) in [6, 6.07) is 47.2. The third-order valence-corrected chi connectivity index (χ3v) is 11.9. The van der Waals surface area contributed by atoms with Crippen LogP contribution in [0.1, 0.15) is 45.7 Å². The minimum absolute atomic E-state index is 0. The fraction of sp³-hybridized carbons (Fsp3) is 0.224. The Kier molecular flexibility index (Phi) is 11.5. The van der Waals surface area contributed by atoms with Crippen molar-refractivity contribution in [2.24, 2.45) is 5.92 Å². The second-order valence-corrected chi connectivity index (χ2v) is 21.6. The van der Waals surface area contributed by atoms with Gasteiger partial charge in [-0.3, -0.25) is 0 Å². The molecule has 54 heavy (non-hydrogen) atoms. The van der Waals surface area contributed by atoms with Gasteiger partial charge in [0.1, 0.15) is 5.58 Å². The molecular weight excluding hydrogens is 853 g/mol. The van der Waals surface area contributed by atoms with Gasteiger partial charge in [0.05, 0.1) is 13.7 Å². The van der Waals surface area contributed by atoms with Crippen molar-refractivity contribution < 1.29 is 24.5 Å². The van der Waals surface area contributed by atoms with E-state index < -0.39 is 8.07 Å². The number of rotatable bonds is 6. The Morgan fingerprint density at radius 1 is 0.685 bits per heavy atom. The van der Waals surface area contributed by atoms with E-state index in [1.54, 1.807) is 0 Å². The Labute approximate surface area is 335 Å². The van der Waals surface area contributed by atoms with Crippen molar-refractivity contribution in [2.75, 3.05) is 0 Å². The molecule has 0 aliphatic rings. The first-order chi connectivity index (χ1) is 25.3. The first kappa shape index (κ1) is 39.0. The number of furan rings is 1. The van der Waals surface area contributed by atoms with Crippen LogP contribution in [0.25, 0.3) is 66.4 Å². The van der Waals surface area contributed by atoms with Crippen LogP contribution < -0.4 is 5.19 Å². The molecule has 0 amide bonds. The summed E-state index contributed by atoms with van der Waals surface area (Å²) < 4.78 is 6.43. The summed E-state index contributed by atoms with van der Waals surface area (Å²) in [4.78, 5) is 9.31. The molecule has 0 spiro atoms. The molecule has 0 saturated heterocycles. The van der Waals surface area contributed by atoms with Gasteiger partial charge in [-0.2, -0.15) is 0 Å². The molecule has 0 unspecified atom stereocenters. The average Bonchev–Trinajstić information content (AvgIpc) is 3.52. The Morgan fingerprint density at radius 2 is 1.41 bits per heavy atom. The van der Waals surface area contributed by atoms with Gasteiger partial charge in [-0.1, -0.05) is 155 Å². The third-order valence-electron chi connectivity index (χ3n) is 9.85. The number of nitrogens with zero attached hydrogens (tertiary/aromatic N) is 2. The summed E-state index contributed by atoms with van der Waals surface area (Å²) in [6.45, 7) is 18.2. The molecule has 3 nitrogen and oxygen atoms in total. The Morgan fingerprint density at radius 3 is 2.11 bits per heavy atom. The molecular formula is C49H48IrN2OSi-2. The van der Waals surface area contributed by atoms with Crippen molar-refractivity contribution in [1.82, 2.24) is 9.97 Å². The van der Waals surface area contributed by atoms with Crippen molar-refractivity contribution in [3.8, 4) is 33.6 Å². The first-order valence-corrected chi connectivity index (χ1v) is 22.1. The summed E-state index contributed by atoms with van der Waals surface area (Å²) in [5.74, 6) is 0.599. The van der Waals surface area contributed by atoms with E-state index in [0.717, 1.165) is 56.4 Å². The maximum absolute atomic E-state index is 6.43. The number of pyridine rings is 2. The Balaban J connectivity index is 0.000000203. The fourth-order valence-corrected chi connectivity index (χ4v) is 7.88. The number of hydrogen-bond acceptors (Lipinski definition) is 3. The average molecular weight is 901 g/mol. The van der Waals surface area contributed by atoms with Crippen LogP contribution in [0.15, 0.2) is 132 Å². The monoisotopic (exact) mass is 901 g/mol. The van der Waals surface area contributed by atoms with Gasteiger partial charge in [0.2, 0.25) is 0 Å². The standard InChI is InChI=1S/C31H30NO.C18H18NSi.Ir/c1-20(2)17-21-15-16-32-28(18-21)27-8-6-7-26-25-14-11-23(19-29(25)33-30(26)27)22-9-12-24(13-10-22)31(3,4)5;1-20(2,3)15-11-12-18(19-13-15)17-10-6-8-14-7-4-5-9-16(14)17;/h6-7,9-16,18-20H,17H2,1-5H3;4-9,11-13H,1-3H3;/q2*-1;. The zero-order valence-electron chi connectivity index (χ0n) is 32.5. The van der Waals surface area contributed by atoms with Crippen LogP contribution in [-0.4, -0.2) is 18.0 Å². The maximum atomic E-state index is 6.43. The molecule has 8 rings (SSSR count). The molecule has 1 radical (unpaired) electrons. The van der Waals surface area contributed by atoms with Gasteiger partial charge >= 0.3 is 0 Å². The van der Waals surface area contributed by atoms with E-state index >= 15 is 0 Å². The van der Waals surface area contributed by atoms with E-state index in [0.29, 0.717) is 5.92 Å². The van der Waals surface area contributed by atoms with Crippen LogP contribution in [0.4, 0.5) is 0 Å². The third kappa shape index (κ3) is 8.50. The summed E-state index contributed by atoms with van der Waals surface area (Å²) in [7, 11) is -1.28. The Hall–Kier alpha value is -4.67. The van der Waals surface area contributed by atoms with Gasteiger partial charge in [-0.05, 0) is 63.2 Å². The van der Waals surface area contributed by atoms with E-state index in [2.05, 4.69) is 179 Å². The van der Waals surface area contributed by atoms with Crippen LogP contribution in [0.5, 0.6) is 0 Å². The minimum Gasteiger partial charge on any atom is -0.501 e. The van der Waals surface area contributed by atoms with E-state index in [4.69, 9.17) is 4.42 Å². The molecule has 3 aromatic heterocycles. The predicted molar refractivity (Wildman–Crippen MR) is 227 cm³/mol. The van der Waals surface area contributed by atoms with Crippen molar-refractivity contribution in [3.05, 3.63) is 151 Å². The van der Waals surface area contributed by atoms with Gasteiger partial charge in [0.25, 0.3) is 0 Å². The van der Waals surface area contributed by atoms with Gasteiger partial charge < -0.3 is 14.4 Å². The molecule has 0 fully saturated rings. The summed E-state index contributed by atoms with van der Waals surface area (Å²) >= 11 is 0. The molecule has 3 heterocycles. The van der Waals surface area contributed by atoms with Crippen LogP contribution in [0.2, 0.25) is 19.6 Å². The zero-order chi connectivity index (χ0) is 37.3. The van der Waals surface area contributed by atoms with Crippen molar-refractivity contribution in [1.29, 1.82) is 0 Å². The molecule has 5 aromatic carbocycles. The zero-order valence-corrected chi connectivity index (χ0v) is 35.9. The summed E-state index contributed by atoms with van der Waals surface area (Å²) in [6.07, 6.45) is 4.96. The van der Waals surface area contributed by atoms with Crippen LogP contribution in [0, 0.1) is 18.1 Å². The van der Waals surface area contributed by atoms with Crippen LogP contribution >= 0.6 is 0 Å². The molecule has 0 N–H and O–H groups in total. The first-order valence-electron chi connectivity index (χ1n) is 18.6. The predicted octanol–water partition coefficient (Wildman–Crippen LogP) is 12.9. The molecule has 0 bridgehead atoms. The van der Waals surface area contributed by atoms with Gasteiger partial charge in [0.15, 0.2) is 0 Å². The van der Waals surface area contributed by atoms with Crippen LogP contribution in [0.3, 0.4) is 0 Å². The number of aromatic nitrogens is 2. The second kappa shape index (κ2) is 16.0. The van der Waals surface area contributed by atoms with Crippen LogP contribution in [-0.2, 0) is 31.9 Å². The molecule has 5 heteroatoms. The summed E-state index contributed by atoms with van der Waals surface area (Å²) in [5, 5.41) is 6.06. The van der Waals surface area contributed by atoms with Crippen molar-refractivity contribution in [3.63, 3.8) is 0 Å². The molecule has 275 valence electrons. The fourth-order valence-electron chi connectivity index (χ4n) is 6.84. The molecule has 0 aliphatic carbocycles. The van der Waals surface area contributed by atoms with E-state index in [1.807, 2.05) is 24.5 Å². The van der Waals surface area contributed by atoms with Crippen molar-refractivity contribution in [2.45, 2.75) is 66.1 Å². The van der Waals surface area contributed by atoms with Gasteiger partial charge in [0, 0.05) is 37.9 Å². The van der Waals surface area contributed by atoms with Gasteiger partial charge in [-0.25, -0.2) is 0 Å². The largest absolute Gasteiger partial charge is 0.501 e. The minimum atomic E-state index is -1.28. The second-order valence-electron chi connectivity index (χ2n) is 16.5. The van der Waals surface area contributed by atoms with Crippen molar-refractivity contribution >= 4 is 46.0 Å². The molecule has 8 aromatic rings. The van der Waals surface area contributed by atoms with E-state index in [-0.39, 0.29) is 25.5 Å².